The molecular formula is C9H14BrN5O2S. The first-order valence-electron chi connectivity index (χ1n) is 5.26. The van der Waals surface area contributed by atoms with E-state index in [1.54, 1.807) is 13.8 Å². The summed E-state index contributed by atoms with van der Waals surface area (Å²) in [5.74, 6) is 0. The van der Waals surface area contributed by atoms with Crippen LogP contribution in [0.1, 0.15) is 20.3 Å². The molecule has 7 nitrogen and oxygen atoms in total. The first-order valence-corrected chi connectivity index (χ1v) is 7.49. The average Bonchev–Trinajstić information content (AvgIpc) is 2.58. The lowest BCUT2D eigenvalue weighted by Crippen LogP contribution is -2.38. The van der Waals surface area contributed by atoms with Gasteiger partial charge in [-0.25, -0.2) is 13.1 Å². The van der Waals surface area contributed by atoms with Crippen molar-refractivity contribution >= 4 is 26.0 Å². The first kappa shape index (κ1) is 15.1. The van der Waals surface area contributed by atoms with Gasteiger partial charge < -0.3 is 0 Å². The van der Waals surface area contributed by atoms with Crippen molar-refractivity contribution in [1.29, 1.82) is 5.26 Å². The topological polar surface area (TPSA) is 91.9 Å². The summed E-state index contributed by atoms with van der Waals surface area (Å²) < 4.78 is 27.6. The highest BCUT2D eigenvalue weighted by Crippen LogP contribution is 2.23. The highest BCUT2D eigenvalue weighted by Gasteiger charge is 2.32. The van der Waals surface area contributed by atoms with Crippen LogP contribution in [0, 0.1) is 11.3 Å². The van der Waals surface area contributed by atoms with E-state index in [9.17, 15) is 8.42 Å². The molecule has 0 aromatic carbocycles. The molecule has 0 saturated heterocycles. The van der Waals surface area contributed by atoms with Gasteiger partial charge in [-0.05, 0) is 29.8 Å². The largest absolute Gasteiger partial charge is 0.263 e. The summed E-state index contributed by atoms with van der Waals surface area (Å²) in [6.45, 7) is 3.66. The molecule has 0 saturated carbocycles. The molecule has 1 rings (SSSR count). The van der Waals surface area contributed by atoms with Crippen LogP contribution in [0.5, 0.6) is 0 Å². The Bertz CT molecular complexity index is 541. The van der Waals surface area contributed by atoms with Gasteiger partial charge in [-0.2, -0.15) is 9.57 Å². The van der Waals surface area contributed by atoms with E-state index < -0.39 is 10.0 Å². The van der Waals surface area contributed by atoms with Crippen LogP contribution in [0.15, 0.2) is 9.63 Å². The second kappa shape index (κ2) is 5.77. The van der Waals surface area contributed by atoms with Gasteiger partial charge in [0.1, 0.15) is 0 Å². The Morgan fingerprint density at radius 1 is 1.56 bits per heavy atom. The number of rotatable bonds is 5. The Morgan fingerprint density at radius 3 is 2.56 bits per heavy atom. The Morgan fingerprint density at radius 2 is 2.17 bits per heavy atom. The summed E-state index contributed by atoms with van der Waals surface area (Å²) in [6.07, 6.45) is 0.139. The van der Waals surface area contributed by atoms with Crippen molar-refractivity contribution in [1.82, 2.24) is 19.3 Å². The van der Waals surface area contributed by atoms with Crippen LogP contribution in [0.4, 0.5) is 0 Å². The molecule has 0 unspecified atom stereocenters. The van der Waals surface area contributed by atoms with Gasteiger partial charge in [-0.15, -0.1) is 5.10 Å². The van der Waals surface area contributed by atoms with Gasteiger partial charge in [-0.3, -0.25) is 0 Å². The molecule has 18 heavy (non-hydrogen) atoms. The third-order valence-corrected chi connectivity index (χ3v) is 5.27. The number of nitrogens with zero attached hydrogens (tertiary/aromatic N) is 5. The number of aryl methyl sites for hydroxylation is 1. The van der Waals surface area contributed by atoms with E-state index in [0.717, 1.165) is 0 Å². The molecular weight excluding hydrogens is 322 g/mol. The molecule has 0 radical (unpaired) electrons. The molecule has 0 fully saturated rings. The molecule has 0 N–H and O–H groups in total. The van der Waals surface area contributed by atoms with Crippen LogP contribution >= 0.6 is 15.9 Å². The minimum atomic E-state index is -3.72. The Hall–Kier alpha value is -0.980. The van der Waals surface area contributed by atoms with Crippen LogP contribution in [0.3, 0.4) is 0 Å². The second-order valence-corrected chi connectivity index (χ2v) is 6.48. The smallest absolute Gasteiger partial charge is 0.235 e. The Kier molecular flexibility index (Phi) is 4.84. The molecule has 1 heterocycles. The standard InChI is InChI=1S/C9H14BrN5O2S/c1-7(2)15(6-4-5-11)18(16,17)9-8(10)12-13-14(9)3/h7H,4,6H2,1-3H3. The molecule has 9 heteroatoms. The molecule has 0 bridgehead atoms. The van der Waals surface area contributed by atoms with Crippen molar-refractivity contribution in [3.05, 3.63) is 4.60 Å². The zero-order chi connectivity index (χ0) is 13.9. The van der Waals surface area contributed by atoms with Crippen LogP contribution in [0.2, 0.25) is 0 Å². The van der Waals surface area contributed by atoms with Gasteiger partial charge in [0.2, 0.25) is 5.03 Å². The van der Waals surface area contributed by atoms with Crippen LogP contribution in [-0.2, 0) is 17.1 Å². The quantitative estimate of drug-likeness (QED) is 0.796. The van der Waals surface area contributed by atoms with Crippen molar-refractivity contribution in [2.24, 2.45) is 7.05 Å². The molecule has 0 aliphatic rings. The summed E-state index contributed by atoms with van der Waals surface area (Å²) in [5, 5.41) is 15.9. The molecule has 0 amide bonds. The lowest BCUT2D eigenvalue weighted by atomic mass is 10.3. The fraction of sp³-hybridized carbons (Fsp3) is 0.667. The number of hydrogen-bond donors (Lipinski definition) is 0. The van der Waals surface area contributed by atoms with Gasteiger partial charge in [0.25, 0.3) is 10.0 Å². The molecule has 0 aliphatic carbocycles. The van der Waals surface area contributed by atoms with Crippen molar-refractivity contribution in [2.45, 2.75) is 31.3 Å². The zero-order valence-corrected chi connectivity index (χ0v) is 12.7. The van der Waals surface area contributed by atoms with E-state index in [-0.39, 0.29) is 28.6 Å². The Labute approximate surface area is 115 Å². The normalized spacial score (nSPS) is 12.1. The van der Waals surface area contributed by atoms with E-state index in [4.69, 9.17) is 5.26 Å². The Balaban J connectivity index is 3.23. The summed E-state index contributed by atoms with van der Waals surface area (Å²) in [4.78, 5) is 0. The lowest BCUT2D eigenvalue weighted by Gasteiger charge is -2.24. The van der Waals surface area contributed by atoms with Crippen LogP contribution in [0.25, 0.3) is 0 Å². The molecule has 100 valence electrons. The van der Waals surface area contributed by atoms with Gasteiger partial charge in [0.15, 0.2) is 4.60 Å². The maximum absolute atomic E-state index is 12.5. The van der Waals surface area contributed by atoms with Crippen LogP contribution < -0.4 is 0 Å². The maximum Gasteiger partial charge on any atom is 0.263 e. The summed E-state index contributed by atoms with van der Waals surface area (Å²) in [6, 6.07) is 1.70. The van der Waals surface area contributed by atoms with Crippen molar-refractivity contribution in [3.8, 4) is 6.07 Å². The second-order valence-electron chi connectivity index (χ2n) is 3.93. The average molecular weight is 336 g/mol. The van der Waals surface area contributed by atoms with E-state index in [1.807, 2.05) is 6.07 Å². The van der Waals surface area contributed by atoms with Gasteiger partial charge in [-0.1, -0.05) is 5.21 Å². The predicted octanol–water partition coefficient (Wildman–Crippen LogP) is 0.890. The van der Waals surface area contributed by atoms with Gasteiger partial charge >= 0.3 is 0 Å². The molecule has 0 atom stereocenters. The van der Waals surface area contributed by atoms with Crippen molar-refractivity contribution in [3.63, 3.8) is 0 Å². The molecule has 1 aromatic heterocycles. The lowest BCUT2D eigenvalue weighted by molar-refractivity contribution is 0.356. The van der Waals surface area contributed by atoms with Gasteiger partial charge in [0.05, 0.1) is 6.07 Å². The summed E-state index contributed by atoms with van der Waals surface area (Å²) in [5.41, 5.74) is 0. The first-order chi connectivity index (χ1) is 8.32. The van der Waals surface area contributed by atoms with Gasteiger partial charge in [0, 0.05) is 26.1 Å². The number of halogens is 1. The molecule has 0 aliphatic heterocycles. The van der Waals surface area contributed by atoms with Crippen molar-refractivity contribution < 1.29 is 8.42 Å². The minimum absolute atomic E-state index is 0.00543. The van der Waals surface area contributed by atoms with E-state index in [2.05, 4.69) is 26.2 Å². The fourth-order valence-corrected chi connectivity index (χ4v) is 4.20. The predicted molar refractivity (Wildman–Crippen MR) is 68.0 cm³/mol. The number of hydrogen-bond acceptors (Lipinski definition) is 5. The minimum Gasteiger partial charge on any atom is -0.235 e. The van der Waals surface area contributed by atoms with Crippen molar-refractivity contribution in [2.75, 3.05) is 6.54 Å². The summed E-state index contributed by atoms with van der Waals surface area (Å²) >= 11 is 3.07. The van der Waals surface area contributed by atoms with E-state index in [1.165, 1.54) is 16.0 Å². The highest BCUT2D eigenvalue weighted by atomic mass is 79.9. The molecule has 1 aromatic rings. The number of nitriles is 1. The third kappa shape index (κ3) is 2.88. The fourth-order valence-electron chi connectivity index (χ4n) is 1.52. The number of aromatic nitrogens is 3. The zero-order valence-electron chi connectivity index (χ0n) is 10.3. The number of sulfonamides is 1. The monoisotopic (exact) mass is 335 g/mol. The summed E-state index contributed by atoms with van der Waals surface area (Å²) in [7, 11) is -2.21. The maximum atomic E-state index is 12.5. The highest BCUT2D eigenvalue weighted by molar-refractivity contribution is 9.10. The SMILES string of the molecule is CC(C)N(CCC#N)S(=O)(=O)c1c(Br)nnn1C. The van der Waals surface area contributed by atoms with Crippen LogP contribution in [-0.4, -0.2) is 40.3 Å². The van der Waals surface area contributed by atoms with E-state index in [0.29, 0.717) is 0 Å². The molecule has 0 spiro atoms. The van der Waals surface area contributed by atoms with E-state index >= 15 is 0 Å². The third-order valence-electron chi connectivity index (χ3n) is 2.31.